The summed E-state index contributed by atoms with van der Waals surface area (Å²) in [5, 5.41) is 10.9. The Bertz CT molecular complexity index is 431. The van der Waals surface area contributed by atoms with Gasteiger partial charge in [0.05, 0.1) is 5.60 Å². The van der Waals surface area contributed by atoms with Crippen molar-refractivity contribution < 1.29 is 9.84 Å². The molecule has 2 nitrogen and oxygen atoms in total. The number of hydrogen-bond acceptors (Lipinski definition) is 2. The van der Waals surface area contributed by atoms with E-state index in [1.165, 1.54) is 24.8 Å². The summed E-state index contributed by atoms with van der Waals surface area (Å²) in [4.78, 5) is 0. The quantitative estimate of drug-likeness (QED) is 0.888. The van der Waals surface area contributed by atoms with Gasteiger partial charge >= 0.3 is 0 Å². The van der Waals surface area contributed by atoms with Gasteiger partial charge in [0.2, 0.25) is 0 Å². The lowest BCUT2D eigenvalue weighted by atomic mass is 9.75. The molecule has 2 fully saturated rings. The highest BCUT2D eigenvalue weighted by Gasteiger charge is 2.42. The van der Waals surface area contributed by atoms with E-state index in [1.807, 2.05) is 6.07 Å². The van der Waals surface area contributed by atoms with Crippen molar-refractivity contribution in [3.05, 3.63) is 35.4 Å². The van der Waals surface area contributed by atoms with Gasteiger partial charge in [0.1, 0.15) is 6.10 Å². The molecule has 104 valence electrons. The first-order valence-corrected chi connectivity index (χ1v) is 7.59. The maximum Gasteiger partial charge on any atom is 0.108 e. The molecule has 0 spiro atoms. The number of rotatable bonds is 4. The van der Waals surface area contributed by atoms with Crippen LogP contribution in [0.25, 0.3) is 0 Å². The summed E-state index contributed by atoms with van der Waals surface area (Å²) in [5.74, 6) is 0.654. The van der Waals surface area contributed by atoms with Gasteiger partial charge in [-0.15, -0.1) is 0 Å². The van der Waals surface area contributed by atoms with Gasteiger partial charge in [-0.3, -0.25) is 0 Å². The lowest BCUT2D eigenvalue weighted by Gasteiger charge is -2.36. The van der Waals surface area contributed by atoms with Gasteiger partial charge in [0, 0.05) is 7.11 Å². The summed E-state index contributed by atoms with van der Waals surface area (Å²) in [5.41, 5.74) is 2.11. The van der Waals surface area contributed by atoms with Crippen LogP contribution >= 0.6 is 0 Å². The van der Waals surface area contributed by atoms with E-state index in [9.17, 15) is 5.11 Å². The molecule has 1 aromatic carbocycles. The van der Waals surface area contributed by atoms with Gasteiger partial charge in [-0.2, -0.15) is 0 Å². The van der Waals surface area contributed by atoms with Crippen molar-refractivity contribution in [2.75, 3.05) is 7.11 Å². The Hall–Kier alpha value is -0.860. The molecular formula is C17H24O2. The predicted octanol–water partition coefficient (Wildman–Crippen LogP) is 3.95. The first-order valence-electron chi connectivity index (χ1n) is 7.59. The Balaban J connectivity index is 1.92. The van der Waals surface area contributed by atoms with E-state index < -0.39 is 6.10 Å². The van der Waals surface area contributed by atoms with Gasteiger partial charge in [-0.25, -0.2) is 0 Å². The number of methoxy groups -OCH3 is 1. The van der Waals surface area contributed by atoms with Crippen molar-refractivity contribution in [3.8, 4) is 0 Å². The van der Waals surface area contributed by atoms with Crippen LogP contribution in [0.5, 0.6) is 0 Å². The van der Waals surface area contributed by atoms with Crippen molar-refractivity contribution in [1.82, 2.24) is 0 Å². The second-order valence-electron chi connectivity index (χ2n) is 6.14. The minimum atomic E-state index is -0.475. The standard InChI is InChI=1S/C17H24O2/c1-19-17(11-4-5-12-17)16(18)15-10-3-2-9-14(15)13-7-6-8-13/h2-3,9-10,13,16,18H,4-8,11-12H2,1H3. The minimum absolute atomic E-state index is 0.347. The lowest BCUT2D eigenvalue weighted by Crippen LogP contribution is -2.36. The summed E-state index contributed by atoms with van der Waals surface area (Å²) in [6, 6.07) is 8.43. The Morgan fingerprint density at radius 3 is 2.42 bits per heavy atom. The third kappa shape index (κ3) is 2.21. The second kappa shape index (κ2) is 5.26. The van der Waals surface area contributed by atoms with Crippen molar-refractivity contribution >= 4 is 0 Å². The van der Waals surface area contributed by atoms with Crippen molar-refractivity contribution in [3.63, 3.8) is 0 Å². The van der Waals surface area contributed by atoms with Crippen LogP contribution in [0, 0.1) is 0 Å². The summed E-state index contributed by atoms with van der Waals surface area (Å²) in [7, 11) is 1.75. The molecule has 2 aliphatic rings. The van der Waals surface area contributed by atoms with Gasteiger partial charge < -0.3 is 9.84 Å². The maximum atomic E-state index is 10.9. The molecule has 0 amide bonds. The fourth-order valence-corrected chi connectivity index (χ4v) is 3.70. The monoisotopic (exact) mass is 260 g/mol. The molecule has 0 radical (unpaired) electrons. The summed E-state index contributed by atoms with van der Waals surface area (Å²) in [6.45, 7) is 0. The van der Waals surface area contributed by atoms with Crippen LogP contribution in [-0.4, -0.2) is 17.8 Å². The van der Waals surface area contributed by atoms with E-state index in [0.717, 1.165) is 31.2 Å². The van der Waals surface area contributed by atoms with Crippen molar-refractivity contribution in [2.45, 2.75) is 62.6 Å². The molecule has 1 atom stereocenters. The predicted molar refractivity (Wildman–Crippen MR) is 76.2 cm³/mol. The number of aliphatic hydroxyl groups is 1. The van der Waals surface area contributed by atoms with E-state index >= 15 is 0 Å². The zero-order valence-electron chi connectivity index (χ0n) is 11.8. The highest BCUT2D eigenvalue weighted by molar-refractivity contribution is 5.35. The lowest BCUT2D eigenvalue weighted by molar-refractivity contribution is -0.101. The molecule has 2 aliphatic carbocycles. The van der Waals surface area contributed by atoms with Crippen LogP contribution in [0.3, 0.4) is 0 Å². The summed E-state index contributed by atoms with van der Waals surface area (Å²) in [6.07, 6.45) is 7.66. The van der Waals surface area contributed by atoms with Gasteiger partial charge in [-0.05, 0) is 42.7 Å². The van der Waals surface area contributed by atoms with Gasteiger partial charge in [0.15, 0.2) is 0 Å². The number of aliphatic hydroxyl groups excluding tert-OH is 1. The molecule has 0 aromatic heterocycles. The van der Waals surface area contributed by atoms with Crippen LogP contribution in [0.1, 0.15) is 68.1 Å². The zero-order chi connectivity index (χ0) is 13.3. The summed E-state index contributed by atoms with van der Waals surface area (Å²) >= 11 is 0. The van der Waals surface area contributed by atoms with Crippen LogP contribution in [0.15, 0.2) is 24.3 Å². The Morgan fingerprint density at radius 1 is 1.16 bits per heavy atom. The number of benzene rings is 1. The third-order valence-electron chi connectivity index (χ3n) is 5.19. The normalized spacial score (nSPS) is 24.1. The van der Waals surface area contributed by atoms with Gasteiger partial charge in [0.25, 0.3) is 0 Å². The van der Waals surface area contributed by atoms with Crippen molar-refractivity contribution in [1.29, 1.82) is 0 Å². The maximum absolute atomic E-state index is 10.9. The fourth-order valence-electron chi connectivity index (χ4n) is 3.70. The van der Waals surface area contributed by atoms with Crippen molar-refractivity contribution in [2.24, 2.45) is 0 Å². The number of hydrogen-bond donors (Lipinski definition) is 1. The largest absolute Gasteiger partial charge is 0.385 e. The highest BCUT2D eigenvalue weighted by Crippen LogP contribution is 2.46. The Kier molecular flexibility index (Phi) is 3.64. The molecule has 1 aromatic rings. The van der Waals surface area contributed by atoms with E-state index in [0.29, 0.717) is 5.92 Å². The topological polar surface area (TPSA) is 29.5 Å². The molecule has 0 saturated heterocycles. The van der Waals surface area contributed by atoms with E-state index in [1.54, 1.807) is 7.11 Å². The third-order valence-corrected chi connectivity index (χ3v) is 5.19. The zero-order valence-corrected chi connectivity index (χ0v) is 11.8. The first-order chi connectivity index (χ1) is 9.27. The molecule has 2 heteroatoms. The van der Waals surface area contributed by atoms with E-state index in [4.69, 9.17) is 4.74 Å². The van der Waals surface area contributed by atoms with E-state index in [2.05, 4.69) is 18.2 Å². The Morgan fingerprint density at radius 2 is 1.84 bits per heavy atom. The molecule has 3 rings (SSSR count). The highest BCUT2D eigenvalue weighted by atomic mass is 16.5. The average molecular weight is 260 g/mol. The molecule has 2 saturated carbocycles. The minimum Gasteiger partial charge on any atom is -0.385 e. The molecule has 1 N–H and O–H groups in total. The van der Waals surface area contributed by atoms with Gasteiger partial charge in [-0.1, -0.05) is 43.5 Å². The average Bonchev–Trinajstić information content (AvgIpc) is 2.86. The van der Waals surface area contributed by atoms with Crippen LogP contribution in [0.2, 0.25) is 0 Å². The van der Waals surface area contributed by atoms with Crippen LogP contribution < -0.4 is 0 Å². The van der Waals surface area contributed by atoms with E-state index in [-0.39, 0.29) is 5.60 Å². The summed E-state index contributed by atoms with van der Waals surface area (Å²) < 4.78 is 5.75. The van der Waals surface area contributed by atoms with Crippen LogP contribution in [-0.2, 0) is 4.74 Å². The SMILES string of the molecule is COC1(C(O)c2ccccc2C2CCC2)CCCC1. The molecule has 0 bridgehead atoms. The smallest absolute Gasteiger partial charge is 0.108 e. The number of ether oxygens (including phenoxy) is 1. The second-order valence-corrected chi connectivity index (χ2v) is 6.14. The molecular weight excluding hydrogens is 236 g/mol. The molecule has 0 aliphatic heterocycles. The Labute approximate surface area is 115 Å². The fraction of sp³-hybridized carbons (Fsp3) is 0.647. The molecule has 19 heavy (non-hydrogen) atoms. The van der Waals surface area contributed by atoms with Crippen LogP contribution in [0.4, 0.5) is 0 Å². The molecule has 1 unspecified atom stereocenters. The first kappa shape index (κ1) is 13.1. The molecule has 0 heterocycles.